The molecule has 1 amide bonds. The van der Waals surface area contributed by atoms with Crippen molar-refractivity contribution in [1.82, 2.24) is 24.8 Å². The number of piperazine rings is 1. The van der Waals surface area contributed by atoms with Gasteiger partial charge in [-0.15, -0.1) is 0 Å². The van der Waals surface area contributed by atoms with Crippen LogP contribution in [0, 0.1) is 0 Å². The summed E-state index contributed by atoms with van der Waals surface area (Å²) in [6.45, 7) is 3.26. The number of nitrogens with one attached hydrogen (secondary N) is 1. The maximum Gasteiger partial charge on any atom is 0.407 e. The lowest BCUT2D eigenvalue weighted by Crippen LogP contribution is -2.47. The Bertz CT molecular complexity index is 1290. The number of rotatable bonds is 6. The van der Waals surface area contributed by atoms with Crippen LogP contribution in [0.25, 0.3) is 10.3 Å². The van der Waals surface area contributed by atoms with Gasteiger partial charge in [-0.25, -0.2) is 19.7 Å². The standard InChI is InChI=1S/C24H25N7O2S/c1-29(18-5-3-2-4-6-18)21-8-7-19-22(28-21)34-23(26-19)27-20-15-17(9-10-25-20)16-30-11-13-31(14-12-30)24(32)33/h2-10,15H,11-14,16H2,1H3,(H,32,33)(H,25,26,27). The molecule has 0 unspecified atom stereocenters. The van der Waals surface area contributed by atoms with Gasteiger partial charge < -0.3 is 20.2 Å². The zero-order valence-corrected chi connectivity index (χ0v) is 19.6. The maximum absolute atomic E-state index is 11.1. The molecular weight excluding hydrogens is 450 g/mol. The van der Waals surface area contributed by atoms with Crippen LogP contribution in [-0.2, 0) is 6.54 Å². The second-order valence-electron chi connectivity index (χ2n) is 8.13. The van der Waals surface area contributed by atoms with E-state index in [2.05, 4.69) is 32.3 Å². The molecule has 0 atom stereocenters. The average molecular weight is 476 g/mol. The van der Waals surface area contributed by atoms with Gasteiger partial charge in [0, 0.05) is 51.7 Å². The van der Waals surface area contributed by atoms with Crippen molar-refractivity contribution in [2.75, 3.05) is 43.4 Å². The molecule has 5 rings (SSSR count). The Morgan fingerprint density at radius 3 is 2.65 bits per heavy atom. The fourth-order valence-corrected chi connectivity index (χ4v) is 4.78. The number of hydrogen-bond donors (Lipinski definition) is 2. The second kappa shape index (κ2) is 9.62. The minimum Gasteiger partial charge on any atom is -0.465 e. The van der Waals surface area contributed by atoms with Crippen LogP contribution in [0.2, 0.25) is 0 Å². The van der Waals surface area contributed by atoms with Crippen LogP contribution in [0.4, 0.5) is 27.2 Å². The molecule has 0 aliphatic carbocycles. The fraction of sp³-hybridized carbons (Fsp3) is 0.250. The first kappa shape index (κ1) is 22.1. The first-order valence-corrected chi connectivity index (χ1v) is 11.9. The zero-order valence-electron chi connectivity index (χ0n) is 18.8. The summed E-state index contributed by atoms with van der Waals surface area (Å²) in [7, 11) is 2.00. The van der Waals surface area contributed by atoms with Crippen molar-refractivity contribution in [1.29, 1.82) is 0 Å². The highest BCUT2D eigenvalue weighted by atomic mass is 32.1. The Morgan fingerprint density at radius 2 is 1.88 bits per heavy atom. The van der Waals surface area contributed by atoms with E-state index in [0.29, 0.717) is 13.1 Å². The third kappa shape index (κ3) is 4.92. The predicted molar refractivity (Wildman–Crippen MR) is 134 cm³/mol. The molecule has 10 heteroatoms. The summed E-state index contributed by atoms with van der Waals surface area (Å²) < 4.78 is 0. The van der Waals surface area contributed by atoms with Crippen LogP contribution < -0.4 is 10.2 Å². The van der Waals surface area contributed by atoms with Crippen LogP contribution >= 0.6 is 11.3 Å². The van der Waals surface area contributed by atoms with Crippen molar-refractivity contribution in [2.45, 2.75) is 6.54 Å². The first-order chi connectivity index (χ1) is 16.5. The highest BCUT2D eigenvalue weighted by Gasteiger charge is 2.20. The number of nitrogens with zero attached hydrogens (tertiary/aromatic N) is 6. The Balaban J connectivity index is 1.27. The second-order valence-corrected chi connectivity index (χ2v) is 9.10. The van der Waals surface area contributed by atoms with Gasteiger partial charge in [-0.3, -0.25) is 4.90 Å². The number of amides is 1. The summed E-state index contributed by atoms with van der Waals surface area (Å²) >= 11 is 1.49. The molecule has 0 spiro atoms. The lowest BCUT2D eigenvalue weighted by Gasteiger charge is -2.33. The van der Waals surface area contributed by atoms with Crippen LogP contribution in [-0.4, -0.2) is 69.2 Å². The molecule has 4 aromatic rings. The molecule has 1 aromatic carbocycles. The normalized spacial score (nSPS) is 14.3. The summed E-state index contributed by atoms with van der Waals surface area (Å²) in [4.78, 5) is 31.6. The molecule has 34 heavy (non-hydrogen) atoms. The summed E-state index contributed by atoms with van der Waals surface area (Å²) in [5.74, 6) is 1.58. The summed E-state index contributed by atoms with van der Waals surface area (Å²) in [5, 5.41) is 13.2. The minimum atomic E-state index is -0.848. The molecular formula is C24H25N7O2S. The molecule has 9 nitrogen and oxygen atoms in total. The van der Waals surface area contributed by atoms with E-state index < -0.39 is 6.09 Å². The maximum atomic E-state index is 11.1. The smallest absolute Gasteiger partial charge is 0.407 e. The summed E-state index contributed by atoms with van der Waals surface area (Å²) in [6.07, 6.45) is 0.933. The molecule has 2 N–H and O–H groups in total. The quantitative estimate of drug-likeness (QED) is 0.424. The molecule has 1 fully saturated rings. The third-order valence-corrected chi connectivity index (χ3v) is 6.72. The number of pyridine rings is 2. The predicted octanol–water partition coefficient (Wildman–Crippen LogP) is 4.39. The number of thiazole rings is 1. The molecule has 174 valence electrons. The number of aromatic nitrogens is 3. The van der Waals surface area contributed by atoms with E-state index in [4.69, 9.17) is 10.1 Å². The van der Waals surface area contributed by atoms with E-state index in [9.17, 15) is 4.79 Å². The van der Waals surface area contributed by atoms with Crippen molar-refractivity contribution in [3.8, 4) is 0 Å². The topological polar surface area (TPSA) is 97.7 Å². The van der Waals surface area contributed by atoms with Crippen LogP contribution in [0.5, 0.6) is 0 Å². The van der Waals surface area contributed by atoms with Gasteiger partial charge >= 0.3 is 6.09 Å². The summed E-state index contributed by atoms with van der Waals surface area (Å²) in [5.41, 5.74) is 3.03. The van der Waals surface area contributed by atoms with Crippen molar-refractivity contribution in [3.63, 3.8) is 0 Å². The van der Waals surface area contributed by atoms with Crippen LogP contribution in [0.3, 0.4) is 0 Å². The van der Waals surface area contributed by atoms with Crippen LogP contribution in [0.1, 0.15) is 5.56 Å². The Hall–Kier alpha value is -3.76. The third-order valence-electron chi connectivity index (χ3n) is 5.84. The number of carbonyl (C=O) groups is 1. The monoisotopic (exact) mass is 475 g/mol. The highest BCUT2D eigenvalue weighted by molar-refractivity contribution is 7.21. The fourth-order valence-electron chi connectivity index (χ4n) is 3.94. The van der Waals surface area contributed by atoms with Gasteiger partial charge in [0.2, 0.25) is 0 Å². The number of para-hydroxylation sites is 1. The van der Waals surface area contributed by atoms with Gasteiger partial charge in [0.1, 0.15) is 22.0 Å². The highest BCUT2D eigenvalue weighted by Crippen LogP contribution is 2.30. The first-order valence-electron chi connectivity index (χ1n) is 11.0. The van der Waals surface area contributed by atoms with E-state index in [-0.39, 0.29) is 0 Å². The number of hydrogen-bond acceptors (Lipinski definition) is 8. The van der Waals surface area contributed by atoms with E-state index in [1.165, 1.54) is 16.2 Å². The van der Waals surface area contributed by atoms with Gasteiger partial charge in [0.15, 0.2) is 5.13 Å². The molecule has 1 saturated heterocycles. The van der Waals surface area contributed by atoms with Gasteiger partial charge in [0.25, 0.3) is 0 Å². The molecule has 4 heterocycles. The Kier molecular flexibility index (Phi) is 6.24. The molecule has 1 aliphatic rings. The minimum absolute atomic E-state index is 0.533. The van der Waals surface area contributed by atoms with E-state index in [0.717, 1.165) is 58.0 Å². The molecule has 3 aromatic heterocycles. The van der Waals surface area contributed by atoms with Gasteiger partial charge in [0.05, 0.1) is 0 Å². The van der Waals surface area contributed by atoms with E-state index in [1.54, 1.807) is 6.20 Å². The SMILES string of the molecule is CN(c1ccccc1)c1ccc2nc(Nc3cc(CN4CCN(C(=O)O)CC4)ccn3)sc2n1. The van der Waals surface area contributed by atoms with E-state index in [1.807, 2.05) is 54.4 Å². The van der Waals surface area contributed by atoms with Crippen molar-refractivity contribution in [2.24, 2.45) is 0 Å². The molecule has 1 aliphatic heterocycles. The van der Waals surface area contributed by atoms with Crippen molar-refractivity contribution < 1.29 is 9.90 Å². The number of fused-ring (bicyclic) bond motifs is 1. The van der Waals surface area contributed by atoms with Gasteiger partial charge in [-0.2, -0.15) is 0 Å². The average Bonchev–Trinajstić information content (AvgIpc) is 3.26. The van der Waals surface area contributed by atoms with Crippen molar-refractivity contribution >= 4 is 50.2 Å². The lowest BCUT2D eigenvalue weighted by atomic mass is 10.2. The molecule has 0 radical (unpaired) electrons. The Labute approximate surface area is 201 Å². The zero-order chi connectivity index (χ0) is 23.5. The van der Waals surface area contributed by atoms with E-state index >= 15 is 0 Å². The summed E-state index contributed by atoms with van der Waals surface area (Å²) in [6, 6.07) is 18.1. The number of benzene rings is 1. The van der Waals surface area contributed by atoms with Crippen molar-refractivity contribution in [3.05, 3.63) is 66.4 Å². The molecule has 0 saturated carbocycles. The van der Waals surface area contributed by atoms with Crippen LogP contribution in [0.15, 0.2) is 60.8 Å². The Morgan fingerprint density at radius 1 is 1.09 bits per heavy atom. The largest absolute Gasteiger partial charge is 0.465 e. The number of carboxylic acid groups (broad SMARTS) is 1. The lowest BCUT2D eigenvalue weighted by molar-refractivity contribution is 0.103. The number of anilines is 4. The molecule has 0 bridgehead atoms. The van der Waals surface area contributed by atoms with Gasteiger partial charge in [-0.1, -0.05) is 29.5 Å². The van der Waals surface area contributed by atoms with Gasteiger partial charge in [-0.05, 0) is 42.0 Å².